The molecule has 0 aliphatic heterocycles. The minimum atomic E-state index is -0.458. The second-order valence-electron chi connectivity index (χ2n) is 1.64. The van der Waals surface area contributed by atoms with E-state index in [1.165, 1.54) is 0 Å². The third-order valence-electron chi connectivity index (χ3n) is 0.829. The van der Waals surface area contributed by atoms with Gasteiger partial charge in [0.05, 0.1) is 33.0 Å². The Labute approximate surface area is 59.8 Å². The predicted molar refractivity (Wildman–Crippen MR) is 34.7 cm³/mol. The van der Waals surface area contributed by atoms with E-state index in [9.17, 15) is 4.39 Å². The van der Waals surface area contributed by atoms with Gasteiger partial charge in [-0.1, -0.05) is 0 Å². The van der Waals surface area contributed by atoms with Gasteiger partial charge in [-0.15, -0.1) is 0 Å². The molecule has 0 radical (unpaired) electrons. The average Bonchev–Trinajstić information content (AvgIpc) is 1.97. The summed E-state index contributed by atoms with van der Waals surface area (Å²) in [5.41, 5.74) is 0. The smallest absolute Gasteiger partial charge is 0.113 e. The first-order chi connectivity index (χ1) is 4.91. The maximum atomic E-state index is 11.4. The van der Waals surface area contributed by atoms with E-state index in [1.54, 1.807) is 0 Å². The number of aliphatic hydroxyl groups excluding tert-OH is 1. The van der Waals surface area contributed by atoms with Gasteiger partial charge in [-0.05, 0) is 0 Å². The van der Waals surface area contributed by atoms with Crippen LogP contribution in [0.3, 0.4) is 0 Å². The molecule has 4 heteroatoms. The number of alkyl halides is 1. The van der Waals surface area contributed by atoms with Crippen molar-refractivity contribution in [3.63, 3.8) is 0 Å². The van der Waals surface area contributed by atoms with Gasteiger partial charge in [0.15, 0.2) is 0 Å². The lowest BCUT2D eigenvalue weighted by Crippen LogP contribution is -2.08. The van der Waals surface area contributed by atoms with Gasteiger partial charge in [-0.3, -0.25) is 0 Å². The van der Waals surface area contributed by atoms with E-state index in [0.717, 1.165) is 0 Å². The van der Waals surface area contributed by atoms with E-state index in [4.69, 9.17) is 14.6 Å². The summed E-state index contributed by atoms with van der Waals surface area (Å²) in [6.07, 6.45) is 0. The van der Waals surface area contributed by atoms with Crippen LogP contribution in [0.25, 0.3) is 0 Å². The van der Waals surface area contributed by atoms with Crippen molar-refractivity contribution in [2.24, 2.45) is 0 Å². The van der Waals surface area contributed by atoms with Crippen molar-refractivity contribution >= 4 is 0 Å². The van der Waals surface area contributed by atoms with E-state index < -0.39 is 6.67 Å². The van der Waals surface area contributed by atoms with Crippen LogP contribution in [0.5, 0.6) is 0 Å². The normalized spacial score (nSPS) is 10.2. The molecule has 10 heavy (non-hydrogen) atoms. The fourth-order valence-electron chi connectivity index (χ4n) is 0.441. The van der Waals surface area contributed by atoms with E-state index in [-0.39, 0.29) is 13.2 Å². The number of rotatable bonds is 7. The highest BCUT2D eigenvalue weighted by molar-refractivity contribution is 4.30. The van der Waals surface area contributed by atoms with Crippen LogP contribution in [0.1, 0.15) is 0 Å². The van der Waals surface area contributed by atoms with E-state index >= 15 is 0 Å². The fraction of sp³-hybridized carbons (Fsp3) is 1.00. The predicted octanol–water partition coefficient (Wildman–Crippen LogP) is -0.0186. The SMILES string of the molecule is OCCOCCOCCF. The summed E-state index contributed by atoms with van der Waals surface area (Å²) in [5, 5.41) is 8.24. The van der Waals surface area contributed by atoms with Gasteiger partial charge in [0.25, 0.3) is 0 Å². The molecule has 0 aromatic carbocycles. The maximum Gasteiger partial charge on any atom is 0.113 e. The Morgan fingerprint density at radius 2 is 1.60 bits per heavy atom. The highest BCUT2D eigenvalue weighted by Crippen LogP contribution is 1.78. The number of hydrogen-bond donors (Lipinski definition) is 1. The molecule has 0 unspecified atom stereocenters. The summed E-state index contributed by atoms with van der Waals surface area (Å²) >= 11 is 0. The minimum Gasteiger partial charge on any atom is -0.394 e. The zero-order chi connectivity index (χ0) is 7.66. The van der Waals surface area contributed by atoms with Gasteiger partial charge in [0, 0.05) is 0 Å². The van der Waals surface area contributed by atoms with Crippen LogP contribution in [0.15, 0.2) is 0 Å². The zero-order valence-corrected chi connectivity index (χ0v) is 5.88. The number of aliphatic hydroxyl groups is 1. The quantitative estimate of drug-likeness (QED) is 0.521. The van der Waals surface area contributed by atoms with Crippen LogP contribution in [0.2, 0.25) is 0 Å². The summed E-state index contributed by atoms with van der Waals surface area (Å²) in [7, 11) is 0. The van der Waals surface area contributed by atoms with Gasteiger partial charge < -0.3 is 14.6 Å². The summed E-state index contributed by atoms with van der Waals surface area (Å²) < 4.78 is 20.9. The largest absolute Gasteiger partial charge is 0.394 e. The second kappa shape index (κ2) is 8.81. The van der Waals surface area contributed by atoms with Crippen LogP contribution >= 0.6 is 0 Å². The van der Waals surface area contributed by atoms with Gasteiger partial charge >= 0.3 is 0 Å². The Kier molecular flexibility index (Phi) is 8.64. The van der Waals surface area contributed by atoms with Crippen LogP contribution in [0.4, 0.5) is 4.39 Å². The first-order valence-electron chi connectivity index (χ1n) is 3.24. The van der Waals surface area contributed by atoms with Crippen molar-refractivity contribution in [3.05, 3.63) is 0 Å². The third kappa shape index (κ3) is 7.81. The Morgan fingerprint density at radius 1 is 1.00 bits per heavy atom. The van der Waals surface area contributed by atoms with Crippen molar-refractivity contribution in [2.45, 2.75) is 0 Å². The van der Waals surface area contributed by atoms with Crippen molar-refractivity contribution < 1.29 is 19.0 Å². The van der Waals surface area contributed by atoms with Crippen molar-refractivity contribution in [1.82, 2.24) is 0 Å². The number of ether oxygens (including phenoxy) is 2. The summed E-state index contributed by atoms with van der Waals surface area (Å²) in [5.74, 6) is 0. The number of halogens is 1. The molecule has 1 N–H and O–H groups in total. The highest BCUT2D eigenvalue weighted by atomic mass is 19.1. The molecular weight excluding hydrogens is 139 g/mol. The lowest BCUT2D eigenvalue weighted by molar-refractivity contribution is 0.0295. The van der Waals surface area contributed by atoms with Crippen LogP contribution in [-0.2, 0) is 9.47 Å². The first kappa shape index (κ1) is 9.81. The summed E-state index contributed by atoms with van der Waals surface area (Å²) in [6.45, 7) is 0.815. The molecule has 0 aliphatic carbocycles. The summed E-state index contributed by atoms with van der Waals surface area (Å²) in [6, 6.07) is 0. The lowest BCUT2D eigenvalue weighted by atomic mass is 10.7. The van der Waals surface area contributed by atoms with Crippen LogP contribution in [-0.4, -0.2) is 44.8 Å². The molecule has 0 spiro atoms. The topological polar surface area (TPSA) is 38.7 Å². The van der Waals surface area contributed by atoms with Gasteiger partial charge in [-0.2, -0.15) is 0 Å². The zero-order valence-electron chi connectivity index (χ0n) is 5.88. The molecular formula is C6H13FO3. The molecule has 0 aromatic rings. The van der Waals surface area contributed by atoms with Crippen LogP contribution in [0, 0.1) is 0 Å². The molecule has 0 aromatic heterocycles. The standard InChI is InChI=1S/C6H13FO3/c7-1-3-9-5-6-10-4-2-8/h8H,1-6H2. The molecule has 0 amide bonds. The van der Waals surface area contributed by atoms with Crippen molar-refractivity contribution in [3.8, 4) is 0 Å². The monoisotopic (exact) mass is 152 g/mol. The molecule has 0 fully saturated rings. The first-order valence-corrected chi connectivity index (χ1v) is 3.24. The van der Waals surface area contributed by atoms with E-state index in [0.29, 0.717) is 19.8 Å². The lowest BCUT2D eigenvalue weighted by Gasteiger charge is -2.01. The Balaban J connectivity index is 2.65. The Bertz CT molecular complexity index is 53.0. The Morgan fingerprint density at radius 3 is 2.10 bits per heavy atom. The third-order valence-corrected chi connectivity index (χ3v) is 0.829. The van der Waals surface area contributed by atoms with Gasteiger partial charge in [-0.25, -0.2) is 4.39 Å². The van der Waals surface area contributed by atoms with Gasteiger partial charge in [0.2, 0.25) is 0 Å². The highest BCUT2D eigenvalue weighted by Gasteiger charge is 1.87. The molecule has 0 saturated heterocycles. The molecule has 0 bridgehead atoms. The molecule has 62 valence electrons. The van der Waals surface area contributed by atoms with Crippen molar-refractivity contribution in [2.75, 3.05) is 39.7 Å². The maximum absolute atomic E-state index is 11.4. The average molecular weight is 152 g/mol. The second-order valence-corrected chi connectivity index (χ2v) is 1.64. The minimum absolute atomic E-state index is 0.0170. The number of hydrogen-bond acceptors (Lipinski definition) is 3. The Hall–Kier alpha value is -0.190. The summed E-state index contributed by atoms with van der Waals surface area (Å²) in [4.78, 5) is 0. The van der Waals surface area contributed by atoms with Crippen molar-refractivity contribution in [1.29, 1.82) is 0 Å². The fourth-order valence-corrected chi connectivity index (χ4v) is 0.441. The molecule has 3 nitrogen and oxygen atoms in total. The molecule has 0 atom stereocenters. The molecule has 0 heterocycles. The van der Waals surface area contributed by atoms with E-state index in [2.05, 4.69) is 0 Å². The van der Waals surface area contributed by atoms with Gasteiger partial charge in [0.1, 0.15) is 6.67 Å². The molecule has 0 aliphatic rings. The molecule has 0 saturated carbocycles. The van der Waals surface area contributed by atoms with E-state index in [1.807, 2.05) is 0 Å². The van der Waals surface area contributed by atoms with Crippen LogP contribution < -0.4 is 0 Å². The molecule has 0 rings (SSSR count).